The minimum absolute atomic E-state index is 0.0504. The van der Waals surface area contributed by atoms with Crippen molar-refractivity contribution in [3.63, 3.8) is 0 Å². The number of carboxylic acid groups (broad SMARTS) is 1. The summed E-state index contributed by atoms with van der Waals surface area (Å²) in [5.74, 6) is 0.0958. The molecule has 0 aliphatic heterocycles. The highest BCUT2D eigenvalue weighted by molar-refractivity contribution is 6.21. The van der Waals surface area contributed by atoms with Gasteiger partial charge in [0.1, 0.15) is 5.75 Å². The Morgan fingerprint density at radius 3 is 2.86 bits per heavy atom. The molecule has 0 spiro atoms. The standard InChI is InChI=1S/C23H31ClO5/c24-19-13-21(26)18(15(19)7-3-1-2-4-12-23(27)28)14-29-22-11-6-8-16-17(22)9-5-10-20(16)25/h1,3,6,8,11,15,18-21,25-26H,2,4-5,7,9-10,12-14H2,(H,27,28)/b3-1-/t15-,18-,19-,20?,21-/m1/s1. The number of rotatable bonds is 9. The Bertz CT molecular complexity index is 719. The molecule has 5 atom stereocenters. The highest BCUT2D eigenvalue weighted by atomic mass is 35.5. The van der Waals surface area contributed by atoms with Gasteiger partial charge >= 0.3 is 5.97 Å². The van der Waals surface area contributed by atoms with Gasteiger partial charge in [-0.25, -0.2) is 0 Å². The van der Waals surface area contributed by atoms with Crippen LogP contribution in [0.5, 0.6) is 5.75 Å². The van der Waals surface area contributed by atoms with Crippen molar-refractivity contribution >= 4 is 17.6 Å². The fourth-order valence-corrected chi connectivity index (χ4v) is 5.02. The molecule has 1 unspecified atom stereocenters. The van der Waals surface area contributed by atoms with Gasteiger partial charge in [0.05, 0.1) is 18.8 Å². The van der Waals surface area contributed by atoms with Crippen LogP contribution in [0.2, 0.25) is 0 Å². The van der Waals surface area contributed by atoms with Crippen LogP contribution < -0.4 is 4.74 Å². The van der Waals surface area contributed by atoms with E-state index in [0.717, 1.165) is 49.0 Å². The van der Waals surface area contributed by atoms with Crippen LogP contribution >= 0.6 is 11.6 Å². The van der Waals surface area contributed by atoms with Crippen molar-refractivity contribution in [2.24, 2.45) is 11.8 Å². The number of unbranched alkanes of at least 4 members (excludes halogenated alkanes) is 1. The summed E-state index contributed by atoms with van der Waals surface area (Å²) < 4.78 is 6.14. The number of hydrogen-bond acceptors (Lipinski definition) is 4. The number of ether oxygens (including phenoxy) is 1. The van der Waals surface area contributed by atoms with Gasteiger partial charge in [0, 0.05) is 17.7 Å². The number of carbonyl (C=O) groups is 1. The van der Waals surface area contributed by atoms with E-state index in [0.29, 0.717) is 19.4 Å². The van der Waals surface area contributed by atoms with Crippen LogP contribution in [-0.4, -0.2) is 39.4 Å². The molecule has 0 bridgehead atoms. The maximum atomic E-state index is 10.6. The summed E-state index contributed by atoms with van der Waals surface area (Å²) in [5, 5.41) is 29.3. The first-order valence-electron chi connectivity index (χ1n) is 10.6. The molecule has 29 heavy (non-hydrogen) atoms. The Morgan fingerprint density at radius 2 is 2.07 bits per heavy atom. The van der Waals surface area contributed by atoms with Gasteiger partial charge in [0.25, 0.3) is 0 Å². The zero-order chi connectivity index (χ0) is 20.8. The maximum Gasteiger partial charge on any atom is 0.303 e. The number of hydrogen-bond donors (Lipinski definition) is 3. The lowest BCUT2D eigenvalue weighted by atomic mass is 9.88. The summed E-state index contributed by atoms with van der Waals surface area (Å²) in [6.07, 6.45) is 8.60. The molecule has 1 fully saturated rings. The predicted molar refractivity (Wildman–Crippen MR) is 112 cm³/mol. The summed E-state index contributed by atoms with van der Waals surface area (Å²) in [6, 6.07) is 5.81. The zero-order valence-corrected chi connectivity index (χ0v) is 17.4. The van der Waals surface area contributed by atoms with Gasteiger partial charge in [-0.1, -0.05) is 24.3 Å². The molecule has 6 heteroatoms. The van der Waals surface area contributed by atoms with Crippen molar-refractivity contribution in [3.8, 4) is 5.75 Å². The van der Waals surface area contributed by atoms with Gasteiger partial charge in [-0.3, -0.25) is 4.79 Å². The van der Waals surface area contributed by atoms with E-state index in [9.17, 15) is 15.0 Å². The third-order valence-electron chi connectivity index (χ3n) is 6.18. The lowest BCUT2D eigenvalue weighted by Gasteiger charge is -2.26. The van der Waals surface area contributed by atoms with Crippen LogP contribution in [0.25, 0.3) is 0 Å². The smallest absolute Gasteiger partial charge is 0.303 e. The molecule has 3 N–H and O–H groups in total. The molecule has 5 nitrogen and oxygen atoms in total. The topological polar surface area (TPSA) is 87.0 Å². The van der Waals surface area contributed by atoms with E-state index in [1.165, 1.54) is 0 Å². The number of aliphatic hydroxyl groups is 2. The van der Waals surface area contributed by atoms with E-state index in [1.807, 2.05) is 30.4 Å². The van der Waals surface area contributed by atoms with Crippen molar-refractivity contribution in [2.45, 2.75) is 69.0 Å². The van der Waals surface area contributed by atoms with Gasteiger partial charge in [-0.15, -0.1) is 11.6 Å². The van der Waals surface area contributed by atoms with E-state index in [1.54, 1.807) is 0 Å². The van der Waals surface area contributed by atoms with E-state index < -0.39 is 18.2 Å². The van der Waals surface area contributed by atoms with Crippen LogP contribution in [0.4, 0.5) is 0 Å². The highest BCUT2D eigenvalue weighted by Crippen LogP contribution is 2.40. The molecule has 0 radical (unpaired) electrons. The normalized spacial score (nSPS) is 29.1. The number of aliphatic carboxylic acids is 1. The number of carboxylic acids is 1. The molecular formula is C23H31ClO5. The summed E-state index contributed by atoms with van der Waals surface area (Å²) in [5.41, 5.74) is 2.04. The van der Waals surface area contributed by atoms with Gasteiger partial charge in [-0.2, -0.15) is 0 Å². The van der Waals surface area contributed by atoms with Gasteiger partial charge in [-0.05, 0) is 68.1 Å². The fourth-order valence-electron chi connectivity index (χ4n) is 4.54. The Balaban J connectivity index is 1.58. The summed E-state index contributed by atoms with van der Waals surface area (Å²) in [7, 11) is 0. The van der Waals surface area contributed by atoms with E-state index in [2.05, 4.69) is 0 Å². The van der Waals surface area contributed by atoms with Gasteiger partial charge in [0.2, 0.25) is 0 Å². The van der Waals surface area contributed by atoms with Crippen molar-refractivity contribution < 1.29 is 24.9 Å². The summed E-state index contributed by atoms with van der Waals surface area (Å²) in [6.45, 7) is 0.397. The molecule has 1 saturated carbocycles. The van der Waals surface area contributed by atoms with Crippen molar-refractivity contribution in [1.29, 1.82) is 0 Å². The number of fused-ring (bicyclic) bond motifs is 1. The third-order valence-corrected chi connectivity index (χ3v) is 6.68. The first-order valence-corrected chi connectivity index (χ1v) is 11.0. The molecule has 1 aromatic carbocycles. The molecule has 160 valence electrons. The fraction of sp³-hybridized carbons (Fsp3) is 0.609. The molecule has 2 aliphatic carbocycles. The Labute approximate surface area is 177 Å². The molecule has 0 aromatic heterocycles. The Kier molecular flexibility index (Phi) is 7.99. The molecule has 0 heterocycles. The Hall–Kier alpha value is -1.56. The molecule has 3 rings (SSSR count). The minimum Gasteiger partial charge on any atom is -0.493 e. The summed E-state index contributed by atoms with van der Waals surface area (Å²) >= 11 is 6.51. The van der Waals surface area contributed by atoms with Crippen LogP contribution in [0, 0.1) is 11.8 Å². The number of allylic oxidation sites excluding steroid dienone is 2. The molecule has 1 aromatic rings. The first kappa shape index (κ1) is 22.1. The number of aliphatic hydroxyl groups excluding tert-OH is 2. The zero-order valence-electron chi connectivity index (χ0n) is 16.7. The molecule has 0 saturated heterocycles. The lowest BCUT2D eigenvalue weighted by molar-refractivity contribution is -0.137. The minimum atomic E-state index is -0.772. The number of alkyl halides is 1. The van der Waals surface area contributed by atoms with Gasteiger partial charge in [0.15, 0.2) is 0 Å². The third kappa shape index (κ3) is 5.74. The van der Waals surface area contributed by atoms with Crippen LogP contribution in [-0.2, 0) is 11.2 Å². The van der Waals surface area contributed by atoms with Crippen molar-refractivity contribution in [3.05, 3.63) is 41.5 Å². The van der Waals surface area contributed by atoms with Crippen LogP contribution in [0.1, 0.15) is 62.2 Å². The second-order valence-corrected chi connectivity index (χ2v) is 8.74. The average Bonchev–Trinajstić information content (AvgIpc) is 2.95. The first-order chi connectivity index (χ1) is 14.0. The monoisotopic (exact) mass is 422 g/mol. The van der Waals surface area contributed by atoms with E-state index in [-0.39, 0.29) is 23.6 Å². The number of benzene rings is 1. The van der Waals surface area contributed by atoms with Crippen molar-refractivity contribution in [1.82, 2.24) is 0 Å². The maximum absolute atomic E-state index is 10.6. The van der Waals surface area contributed by atoms with E-state index in [4.69, 9.17) is 21.4 Å². The van der Waals surface area contributed by atoms with Crippen molar-refractivity contribution in [2.75, 3.05) is 6.61 Å². The Morgan fingerprint density at radius 1 is 1.24 bits per heavy atom. The average molecular weight is 423 g/mol. The quantitative estimate of drug-likeness (QED) is 0.315. The van der Waals surface area contributed by atoms with E-state index >= 15 is 0 Å². The SMILES string of the molecule is O=C(O)CCC/C=C\C[C@@H]1[C@@H](COc2cccc3c2CCCC3O)[C@H](O)C[C@H]1Cl. The molecule has 0 amide bonds. The highest BCUT2D eigenvalue weighted by Gasteiger charge is 2.41. The second kappa shape index (κ2) is 10.5. The molecule has 2 aliphatic rings. The van der Waals surface area contributed by atoms with Crippen LogP contribution in [0.3, 0.4) is 0 Å². The predicted octanol–water partition coefficient (Wildman–Crippen LogP) is 4.24. The van der Waals surface area contributed by atoms with Gasteiger partial charge < -0.3 is 20.1 Å². The largest absolute Gasteiger partial charge is 0.493 e. The van der Waals surface area contributed by atoms with Crippen LogP contribution in [0.15, 0.2) is 30.4 Å². The lowest BCUT2D eigenvalue weighted by Crippen LogP contribution is -2.27. The summed E-state index contributed by atoms with van der Waals surface area (Å²) in [4.78, 5) is 10.6. The second-order valence-electron chi connectivity index (χ2n) is 8.18. The number of halogens is 1. The molecular weight excluding hydrogens is 392 g/mol.